The molecule has 0 saturated carbocycles. The molecular formula is C12H15F4NO. The number of hydrogen-bond acceptors (Lipinski definition) is 2. The van der Waals surface area contributed by atoms with Crippen molar-refractivity contribution in [2.24, 2.45) is 5.73 Å². The molecule has 2 nitrogen and oxygen atoms in total. The first-order chi connectivity index (χ1) is 8.33. The van der Waals surface area contributed by atoms with Crippen molar-refractivity contribution >= 4 is 0 Å². The van der Waals surface area contributed by atoms with Crippen LogP contribution in [-0.2, 0) is 0 Å². The Labute approximate surface area is 103 Å². The van der Waals surface area contributed by atoms with Gasteiger partial charge in [-0.1, -0.05) is 25.8 Å². The summed E-state index contributed by atoms with van der Waals surface area (Å²) in [6.07, 6.45) is -2.41. The van der Waals surface area contributed by atoms with Crippen molar-refractivity contribution in [2.75, 3.05) is 0 Å². The normalized spacial score (nSPS) is 13.4. The Morgan fingerprint density at radius 1 is 1.33 bits per heavy atom. The molecule has 6 heteroatoms. The van der Waals surface area contributed by atoms with Gasteiger partial charge in [-0.2, -0.15) is 0 Å². The van der Waals surface area contributed by atoms with E-state index in [1.54, 1.807) is 0 Å². The maximum atomic E-state index is 13.4. The summed E-state index contributed by atoms with van der Waals surface area (Å²) in [6, 6.07) is 2.91. The number of ether oxygens (including phenoxy) is 1. The maximum absolute atomic E-state index is 13.4. The van der Waals surface area contributed by atoms with Crippen molar-refractivity contribution in [1.82, 2.24) is 0 Å². The topological polar surface area (TPSA) is 35.2 Å². The Hall–Kier alpha value is -1.30. The van der Waals surface area contributed by atoms with E-state index in [1.165, 1.54) is 6.07 Å². The average molecular weight is 265 g/mol. The lowest BCUT2D eigenvalue weighted by Gasteiger charge is -2.14. The first-order valence-electron chi connectivity index (χ1n) is 5.64. The number of benzene rings is 1. The lowest BCUT2D eigenvalue weighted by Crippen LogP contribution is -2.18. The Kier molecular flexibility index (Phi) is 4.95. The molecule has 0 amide bonds. The Morgan fingerprint density at radius 2 is 2.00 bits per heavy atom. The second kappa shape index (κ2) is 6.04. The summed E-state index contributed by atoms with van der Waals surface area (Å²) in [7, 11) is 0. The van der Waals surface area contributed by atoms with Crippen LogP contribution in [0.25, 0.3) is 0 Å². The van der Waals surface area contributed by atoms with Crippen LogP contribution < -0.4 is 10.5 Å². The molecule has 0 spiro atoms. The third-order valence-electron chi connectivity index (χ3n) is 2.48. The first kappa shape index (κ1) is 14.8. The van der Waals surface area contributed by atoms with Gasteiger partial charge in [-0.25, -0.2) is 4.39 Å². The van der Waals surface area contributed by atoms with E-state index < -0.39 is 17.9 Å². The van der Waals surface area contributed by atoms with Crippen molar-refractivity contribution in [3.63, 3.8) is 0 Å². The van der Waals surface area contributed by atoms with Gasteiger partial charge < -0.3 is 10.5 Å². The van der Waals surface area contributed by atoms with Crippen LogP contribution in [-0.4, -0.2) is 6.36 Å². The zero-order chi connectivity index (χ0) is 13.8. The summed E-state index contributed by atoms with van der Waals surface area (Å²) >= 11 is 0. The Morgan fingerprint density at radius 3 is 2.50 bits per heavy atom. The summed E-state index contributed by atoms with van der Waals surface area (Å²) in [5.41, 5.74) is 6.27. The lowest BCUT2D eigenvalue weighted by atomic mass is 10.0. The molecule has 0 aliphatic rings. The molecule has 2 N–H and O–H groups in total. The van der Waals surface area contributed by atoms with Crippen LogP contribution >= 0.6 is 0 Å². The number of unbranched alkanes of at least 4 members (excludes halogenated alkanes) is 1. The summed E-state index contributed by atoms with van der Waals surface area (Å²) in [6.45, 7) is 1.99. The first-order valence-corrected chi connectivity index (χ1v) is 5.64. The van der Waals surface area contributed by atoms with E-state index >= 15 is 0 Å². The highest BCUT2D eigenvalue weighted by Crippen LogP contribution is 2.28. The minimum absolute atomic E-state index is 0.376. The quantitative estimate of drug-likeness (QED) is 0.819. The van der Waals surface area contributed by atoms with Gasteiger partial charge in [0.25, 0.3) is 0 Å². The maximum Gasteiger partial charge on any atom is 0.573 e. The molecule has 0 aliphatic heterocycles. The number of nitrogens with two attached hydrogens (primary N) is 1. The molecule has 0 fully saturated rings. The predicted octanol–water partition coefficient (Wildman–Crippen LogP) is 3.91. The van der Waals surface area contributed by atoms with E-state index in [9.17, 15) is 17.6 Å². The van der Waals surface area contributed by atoms with Gasteiger partial charge in [-0.05, 0) is 24.1 Å². The fraction of sp³-hybridized carbons (Fsp3) is 0.500. The van der Waals surface area contributed by atoms with Gasteiger partial charge >= 0.3 is 6.36 Å². The third-order valence-corrected chi connectivity index (χ3v) is 2.48. The van der Waals surface area contributed by atoms with Gasteiger partial charge in [0.2, 0.25) is 0 Å². The molecule has 1 rings (SSSR count). The minimum atomic E-state index is -4.90. The fourth-order valence-electron chi connectivity index (χ4n) is 1.55. The highest BCUT2D eigenvalue weighted by molar-refractivity contribution is 5.31. The molecule has 102 valence electrons. The van der Waals surface area contributed by atoms with Gasteiger partial charge in [0.15, 0.2) is 11.6 Å². The summed E-state index contributed by atoms with van der Waals surface area (Å²) < 4.78 is 52.7. The van der Waals surface area contributed by atoms with Crippen molar-refractivity contribution in [1.29, 1.82) is 0 Å². The zero-order valence-corrected chi connectivity index (χ0v) is 9.93. The molecule has 0 unspecified atom stereocenters. The van der Waals surface area contributed by atoms with Crippen LogP contribution in [0.1, 0.15) is 37.8 Å². The molecule has 1 aromatic rings. The smallest absolute Gasteiger partial charge is 0.403 e. The fourth-order valence-corrected chi connectivity index (χ4v) is 1.55. The average Bonchev–Trinajstić information content (AvgIpc) is 2.27. The van der Waals surface area contributed by atoms with Gasteiger partial charge in [0.1, 0.15) is 0 Å². The second-order valence-electron chi connectivity index (χ2n) is 3.99. The molecule has 0 saturated heterocycles. The molecule has 0 radical (unpaired) electrons. The summed E-state index contributed by atoms with van der Waals surface area (Å²) in [5.74, 6) is -1.90. The van der Waals surface area contributed by atoms with Crippen LogP contribution in [0.5, 0.6) is 5.75 Å². The summed E-state index contributed by atoms with van der Waals surface area (Å²) in [5, 5.41) is 0. The molecular weight excluding hydrogens is 250 g/mol. The second-order valence-corrected chi connectivity index (χ2v) is 3.99. The van der Waals surface area contributed by atoms with Crippen molar-refractivity contribution < 1.29 is 22.3 Å². The molecule has 0 aliphatic carbocycles. The molecule has 1 atom stereocenters. The predicted molar refractivity (Wildman–Crippen MR) is 59.5 cm³/mol. The van der Waals surface area contributed by atoms with Gasteiger partial charge in [0, 0.05) is 6.04 Å². The highest BCUT2D eigenvalue weighted by Gasteiger charge is 2.32. The van der Waals surface area contributed by atoms with Gasteiger partial charge in [-0.15, -0.1) is 13.2 Å². The number of rotatable bonds is 5. The van der Waals surface area contributed by atoms with Crippen molar-refractivity contribution in [3.8, 4) is 5.75 Å². The van der Waals surface area contributed by atoms with Crippen molar-refractivity contribution in [3.05, 3.63) is 29.6 Å². The Balaban J connectivity index is 2.79. The van der Waals surface area contributed by atoms with E-state index in [4.69, 9.17) is 5.73 Å². The van der Waals surface area contributed by atoms with Gasteiger partial charge in [-0.3, -0.25) is 0 Å². The van der Waals surface area contributed by atoms with E-state index in [-0.39, 0.29) is 6.04 Å². The highest BCUT2D eigenvalue weighted by atomic mass is 19.4. The summed E-state index contributed by atoms with van der Waals surface area (Å²) in [4.78, 5) is 0. The van der Waals surface area contributed by atoms with Crippen LogP contribution in [0.2, 0.25) is 0 Å². The van der Waals surface area contributed by atoms with E-state index in [0.29, 0.717) is 12.0 Å². The van der Waals surface area contributed by atoms with Crippen LogP contribution in [0.4, 0.5) is 17.6 Å². The molecule has 0 aromatic heterocycles. The zero-order valence-electron chi connectivity index (χ0n) is 9.93. The van der Waals surface area contributed by atoms with E-state index in [1.807, 2.05) is 6.92 Å². The minimum Gasteiger partial charge on any atom is -0.403 e. The van der Waals surface area contributed by atoms with E-state index in [2.05, 4.69) is 4.74 Å². The number of hydrogen-bond donors (Lipinski definition) is 1. The number of halogens is 4. The standard InChI is InChI=1S/C12H15F4NO/c1-2-3-4-10(17)8-5-6-11(9(13)7-8)18-12(14,15)16/h5-7,10H,2-4,17H2,1H3/t10-/m1/s1. The number of alkyl halides is 3. The molecule has 1 aromatic carbocycles. The van der Waals surface area contributed by atoms with E-state index in [0.717, 1.165) is 25.0 Å². The Bertz CT molecular complexity index is 392. The van der Waals surface area contributed by atoms with Crippen LogP contribution in [0.3, 0.4) is 0 Å². The van der Waals surface area contributed by atoms with Gasteiger partial charge in [0.05, 0.1) is 0 Å². The monoisotopic (exact) mass is 265 g/mol. The lowest BCUT2D eigenvalue weighted by molar-refractivity contribution is -0.275. The molecule has 18 heavy (non-hydrogen) atoms. The van der Waals surface area contributed by atoms with Crippen molar-refractivity contribution in [2.45, 2.75) is 38.6 Å². The SMILES string of the molecule is CCCC[C@@H](N)c1ccc(OC(F)(F)F)c(F)c1. The molecule has 0 bridgehead atoms. The largest absolute Gasteiger partial charge is 0.573 e. The van der Waals surface area contributed by atoms with Crippen LogP contribution in [0.15, 0.2) is 18.2 Å². The van der Waals surface area contributed by atoms with Crippen LogP contribution in [0, 0.1) is 5.82 Å². The third kappa shape index (κ3) is 4.52. The molecule has 0 heterocycles.